The van der Waals surface area contributed by atoms with Gasteiger partial charge in [-0.25, -0.2) is 9.97 Å². The third-order valence-corrected chi connectivity index (χ3v) is 5.25. The van der Waals surface area contributed by atoms with Crippen molar-refractivity contribution < 1.29 is 9.53 Å². The van der Waals surface area contributed by atoms with E-state index >= 15 is 0 Å². The molecule has 138 valence electrons. The lowest BCUT2D eigenvalue weighted by Crippen LogP contribution is -2.50. The van der Waals surface area contributed by atoms with Crippen molar-refractivity contribution in [2.75, 3.05) is 31.6 Å². The molecule has 0 spiro atoms. The highest BCUT2D eigenvalue weighted by atomic mass is 16.5. The zero-order valence-electron chi connectivity index (χ0n) is 15.6. The SMILES string of the molecule is CCOC1CC(N[C@@H]2CCN(c3nc(C(=O)NC)nc(C)c3C)C2)C1. The predicted molar refractivity (Wildman–Crippen MR) is 97.1 cm³/mol. The van der Waals surface area contributed by atoms with Gasteiger partial charge in [0.2, 0.25) is 5.82 Å². The third-order valence-electron chi connectivity index (χ3n) is 5.25. The Labute approximate surface area is 149 Å². The van der Waals surface area contributed by atoms with Gasteiger partial charge in [0.05, 0.1) is 6.10 Å². The number of aryl methyl sites for hydroxylation is 1. The molecule has 7 nitrogen and oxygen atoms in total. The van der Waals surface area contributed by atoms with Crippen LogP contribution in [-0.2, 0) is 4.74 Å². The fourth-order valence-corrected chi connectivity index (χ4v) is 3.63. The summed E-state index contributed by atoms with van der Waals surface area (Å²) in [5.41, 5.74) is 1.91. The number of aromatic nitrogens is 2. The summed E-state index contributed by atoms with van der Waals surface area (Å²) in [6, 6.07) is 1.03. The molecule has 1 atom stereocenters. The standard InChI is InChI=1S/C18H29N5O2/c1-5-25-15-8-14(9-15)21-13-6-7-23(10-13)17-11(2)12(3)20-16(22-17)18(24)19-4/h13-15,21H,5-10H2,1-4H3,(H,19,24)/t13-,14?,15?/m1/s1. The van der Waals surface area contributed by atoms with Crippen LogP contribution in [0.2, 0.25) is 0 Å². The van der Waals surface area contributed by atoms with Crippen molar-refractivity contribution in [1.29, 1.82) is 0 Å². The molecule has 2 N–H and O–H groups in total. The summed E-state index contributed by atoms with van der Waals surface area (Å²) in [5, 5.41) is 6.35. The average Bonchev–Trinajstić information content (AvgIpc) is 3.03. The van der Waals surface area contributed by atoms with Crippen molar-refractivity contribution >= 4 is 11.7 Å². The van der Waals surface area contributed by atoms with Crippen LogP contribution in [0.5, 0.6) is 0 Å². The molecule has 25 heavy (non-hydrogen) atoms. The zero-order chi connectivity index (χ0) is 18.0. The van der Waals surface area contributed by atoms with E-state index in [1.165, 1.54) is 0 Å². The zero-order valence-corrected chi connectivity index (χ0v) is 15.6. The molecule has 1 amide bonds. The normalized spacial score (nSPS) is 25.8. The maximum absolute atomic E-state index is 11.9. The van der Waals surface area contributed by atoms with E-state index in [-0.39, 0.29) is 11.7 Å². The van der Waals surface area contributed by atoms with Gasteiger partial charge >= 0.3 is 0 Å². The number of nitrogens with zero attached hydrogens (tertiary/aromatic N) is 3. The van der Waals surface area contributed by atoms with E-state index in [1.54, 1.807) is 7.05 Å². The monoisotopic (exact) mass is 347 g/mol. The van der Waals surface area contributed by atoms with Crippen molar-refractivity contribution in [2.24, 2.45) is 0 Å². The summed E-state index contributed by atoms with van der Waals surface area (Å²) in [7, 11) is 1.60. The molecule has 1 aromatic rings. The minimum absolute atomic E-state index is 0.241. The highest BCUT2D eigenvalue weighted by Gasteiger charge is 2.33. The minimum atomic E-state index is -0.241. The molecule has 2 fully saturated rings. The number of ether oxygens (including phenoxy) is 1. The van der Waals surface area contributed by atoms with E-state index in [0.717, 1.165) is 56.0 Å². The highest BCUT2D eigenvalue weighted by Crippen LogP contribution is 2.27. The van der Waals surface area contributed by atoms with Crippen molar-refractivity contribution in [2.45, 2.75) is 58.2 Å². The Morgan fingerprint density at radius 1 is 1.28 bits per heavy atom. The van der Waals surface area contributed by atoms with Gasteiger partial charge in [0.25, 0.3) is 5.91 Å². The molecule has 0 unspecified atom stereocenters. The van der Waals surface area contributed by atoms with Gasteiger partial charge in [0, 0.05) is 50.1 Å². The fraction of sp³-hybridized carbons (Fsp3) is 0.722. The van der Waals surface area contributed by atoms with Crippen LogP contribution in [0.15, 0.2) is 0 Å². The molecular formula is C18H29N5O2. The second kappa shape index (κ2) is 7.66. The van der Waals surface area contributed by atoms with E-state index in [0.29, 0.717) is 18.2 Å². The number of nitrogens with one attached hydrogen (secondary N) is 2. The molecule has 3 rings (SSSR count). The van der Waals surface area contributed by atoms with Gasteiger partial charge in [-0.3, -0.25) is 4.79 Å². The van der Waals surface area contributed by atoms with Crippen molar-refractivity contribution in [3.05, 3.63) is 17.1 Å². The third kappa shape index (κ3) is 3.93. The number of rotatable bonds is 6. The maximum atomic E-state index is 11.9. The summed E-state index contributed by atoms with van der Waals surface area (Å²) in [4.78, 5) is 23.0. The molecule has 1 aromatic heterocycles. The molecular weight excluding hydrogens is 318 g/mol. The summed E-state index contributed by atoms with van der Waals surface area (Å²) in [6.07, 6.45) is 3.74. The van der Waals surface area contributed by atoms with Gasteiger partial charge in [-0.15, -0.1) is 0 Å². The Morgan fingerprint density at radius 2 is 2.04 bits per heavy atom. The van der Waals surface area contributed by atoms with E-state index < -0.39 is 0 Å². The minimum Gasteiger partial charge on any atom is -0.378 e. The number of amides is 1. The van der Waals surface area contributed by atoms with Gasteiger partial charge in [-0.2, -0.15) is 0 Å². The first-order valence-corrected chi connectivity index (χ1v) is 9.21. The lowest BCUT2D eigenvalue weighted by molar-refractivity contribution is -0.0118. The molecule has 0 radical (unpaired) electrons. The predicted octanol–water partition coefficient (Wildman–Crippen LogP) is 1.19. The Balaban J connectivity index is 1.62. The second-order valence-corrected chi connectivity index (χ2v) is 7.00. The van der Waals surface area contributed by atoms with Crippen LogP contribution in [0.4, 0.5) is 5.82 Å². The van der Waals surface area contributed by atoms with Crippen molar-refractivity contribution in [1.82, 2.24) is 20.6 Å². The van der Waals surface area contributed by atoms with E-state index in [2.05, 4.69) is 32.4 Å². The topological polar surface area (TPSA) is 79.4 Å². The van der Waals surface area contributed by atoms with Crippen LogP contribution in [0.1, 0.15) is 48.1 Å². The molecule has 1 aliphatic carbocycles. The Kier molecular flexibility index (Phi) is 5.54. The van der Waals surface area contributed by atoms with Gasteiger partial charge in [-0.05, 0) is 40.0 Å². The van der Waals surface area contributed by atoms with Crippen LogP contribution >= 0.6 is 0 Å². The number of anilines is 1. The number of hydrogen-bond donors (Lipinski definition) is 2. The van der Waals surface area contributed by atoms with E-state index in [9.17, 15) is 4.79 Å². The van der Waals surface area contributed by atoms with Gasteiger partial charge in [-0.1, -0.05) is 0 Å². The number of hydrogen-bond acceptors (Lipinski definition) is 6. The van der Waals surface area contributed by atoms with Gasteiger partial charge < -0.3 is 20.3 Å². The first kappa shape index (κ1) is 18.1. The Bertz CT molecular complexity index is 630. The molecule has 7 heteroatoms. The molecule has 1 saturated carbocycles. The van der Waals surface area contributed by atoms with Crippen LogP contribution < -0.4 is 15.5 Å². The van der Waals surface area contributed by atoms with Crippen molar-refractivity contribution in [3.63, 3.8) is 0 Å². The fourth-order valence-electron chi connectivity index (χ4n) is 3.63. The van der Waals surface area contributed by atoms with Gasteiger partial charge in [0.1, 0.15) is 5.82 Å². The summed E-state index contributed by atoms with van der Waals surface area (Å²) in [6.45, 7) is 8.67. The molecule has 0 bridgehead atoms. The lowest BCUT2D eigenvalue weighted by Gasteiger charge is -2.37. The summed E-state index contributed by atoms with van der Waals surface area (Å²) >= 11 is 0. The first-order valence-electron chi connectivity index (χ1n) is 9.21. The molecule has 0 aromatic carbocycles. The van der Waals surface area contributed by atoms with Gasteiger partial charge in [0.15, 0.2) is 0 Å². The number of carbonyl (C=O) groups is 1. The van der Waals surface area contributed by atoms with Crippen LogP contribution in [0, 0.1) is 13.8 Å². The lowest BCUT2D eigenvalue weighted by atomic mass is 9.88. The summed E-state index contributed by atoms with van der Waals surface area (Å²) in [5.74, 6) is 0.890. The smallest absolute Gasteiger partial charge is 0.288 e. The van der Waals surface area contributed by atoms with Crippen LogP contribution in [0.25, 0.3) is 0 Å². The first-order chi connectivity index (χ1) is 12.0. The summed E-state index contributed by atoms with van der Waals surface area (Å²) < 4.78 is 5.63. The Morgan fingerprint density at radius 3 is 2.72 bits per heavy atom. The number of carbonyl (C=O) groups excluding carboxylic acids is 1. The maximum Gasteiger partial charge on any atom is 0.288 e. The largest absolute Gasteiger partial charge is 0.378 e. The average molecular weight is 347 g/mol. The van der Waals surface area contributed by atoms with Crippen LogP contribution in [0.3, 0.4) is 0 Å². The van der Waals surface area contributed by atoms with Crippen molar-refractivity contribution in [3.8, 4) is 0 Å². The highest BCUT2D eigenvalue weighted by molar-refractivity contribution is 5.90. The van der Waals surface area contributed by atoms with Crippen LogP contribution in [-0.4, -0.2) is 60.8 Å². The molecule has 2 heterocycles. The van der Waals surface area contributed by atoms with E-state index in [4.69, 9.17) is 4.74 Å². The quantitative estimate of drug-likeness (QED) is 0.805. The Hall–Kier alpha value is -1.73. The molecule has 2 aliphatic rings. The molecule has 1 aliphatic heterocycles. The molecule has 1 saturated heterocycles. The second-order valence-electron chi connectivity index (χ2n) is 7.00. The van der Waals surface area contributed by atoms with E-state index in [1.807, 2.05) is 13.8 Å².